The SMILES string of the molecule is CC(C)C[C@H]1C(=O)O[C@H](Cc2ccc(Cn3ccc(C(C)C)n3)cc2)C(=O)N(C)[C@@H](CC(C)C)C(=O)O[C@H](C)C(=O)N(C)[C@@H](CC(C)C)C(=O)O[C@H](Cc2ccccc2)C(=O)N(C)[C@@H](CC(C)C)C(=O)O[C@H](C)C(=O)N1C. The number of rotatable bonds is 15. The minimum absolute atomic E-state index is 0.0883. The Morgan fingerprint density at radius 1 is 0.429 bits per heavy atom. The Bertz CT molecular complexity index is 2460. The minimum atomic E-state index is -1.52. The Hall–Kier alpha value is -6.59. The summed E-state index contributed by atoms with van der Waals surface area (Å²) in [5.41, 5.74) is 3.16. The fourth-order valence-electron chi connectivity index (χ4n) is 9.26. The lowest BCUT2D eigenvalue weighted by Crippen LogP contribution is -2.55. The van der Waals surface area contributed by atoms with E-state index in [9.17, 15) is 38.4 Å². The van der Waals surface area contributed by atoms with Crippen LogP contribution in [0.5, 0.6) is 0 Å². The number of carbonyl (C=O) groups excluding carboxylic acids is 8. The van der Waals surface area contributed by atoms with Gasteiger partial charge in [-0.05, 0) is 91.9 Å². The maximum atomic E-state index is 15.0. The molecule has 3 aromatic rings. The first-order valence-electron chi connectivity index (χ1n) is 27.1. The van der Waals surface area contributed by atoms with E-state index >= 15 is 0 Å². The Labute approximate surface area is 456 Å². The summed E-state index contributed by atoms with van der Waals surface area (Å²) in [5.74, 6) is -7.01. The molecule has 1 fully saturated rings. The molecule has 2 aromatic carbocycles. The van der Waals surface area contributed by atoms with Gasteiger partial charge in [0, 0.05) is 47.2 Å². The first kappa shape index (κ1) is 62.9. The van der Waals surface area contributed by atoms with Crippen LogP contribution in [0, 0.1) is 23.7 Å². The molecule has 0 bridgehead atoms. The number of hydrogen-bond acceptors (Lipinski definition) is 13. The quantitative estimate of drug-likeness (QED) is 0.111. The van der Waals surface area contributed by atoms with E-state index in [1.165, 1.54) is 46.9 Å². The second-order valence-corrected chi connectivity index (χ2v) is 22.7. The molecule has 0 N–H and O–H groups in total. The van der Waals surface area contributed by atoms with Crippen molar-refractivity contribution in [2.45, 2.75) is 183 Å². The second kappa shape index (κ2) is 28.7. The molecule has 1 aliphatic heterocycles. The standard InChI is InChI=1S/C59H86N6O12/c1-35(2)28-46-56(70)74-41(12)53(67)62(14)49(31-38(7)8)59(73)77-51(33-43-22-24-44(25-23-43)34-65-27-26-45(60-65)39(9)10)55(69)64(16)47(29-36(3)4)57(71)75-40(11)52(66)61(13)48(30-37(5)6)58(72)76-50(54(68)63(46)15)32-42-20-18-17-19-21-42/h17-27,35-41,46-51H,28-34H2,1-16H3/t40-,41-,46+,47+,48+,49+,50-,51-/m1/s1. The van der Waals surface area contributed by atoms with Gasteiger partial charge in [-0.15, -0.1) is 0 Å². The number of carbonyl (C=O) groups is 8. The van der Waals surface area contributed by atoms with Crippen molar-refractivity contribution < 1.29 is 57.3 Å². The Morgan fingerprint density at radius 2 is 0.753 bits per heavy atom. The highest BCUT2D eigenvalue weighted by Gasteiger charge is 2.43. The molecular formula is C59H86N6O12. The molecule has 77 heavy (non-hydrogen) atoms. The summed E-state index contributed by atoms with van der Waals surface area (Å²) in [4.78, 5) is 121. The molecule has 8 atom stereocenters. The molecule has 0 spiro atoms. The van der Waals surface area contributed by atoms with Gasteiger partial charge in [-0.1, -0.05) is 124 Å². The predicted octanol–water partition coefficient (Wildman–Crippen LogP) is 7.03. The highest BCUT2D eigenvalue weighted by atomic mass is 16.6. The molecule has 0 aliphatic carbocycles. The molecule has 18 nitrogen and oxygen atoms in total. The van der Waals surface area contributed by atoms with Crippen molar-refractivity contribution in [2.75, 3.05) is 28.2 Å². The zero-order valence-corrected chi connectivity index (χ0v) is 48.4. The lowest BCUT2D eigenvalue weighted by atomic mass is 9.99. The molecule has 4 rings (SSSR count). The Kier molecular flexibility index (Phi) is 23.5. The summed E-state index contributed by atoms with van der Waals surface area (Å²) in [6.07, 6.45) is -3.86. The van der Waals surface area contributed by atoms with Crippen LogP contribution in [0.4, 0.5) is 0 Å². The van der Waals surface area contributed by atoms with Crippen LogP contribution in [0.25, 0.3) is 0 Å². The maximum absolute atomic E-state index is 15.0. The third-order valence-electron chi connectivity index (χ3n) is 13.8. The zero-order chi connectivity index (χ0) is 57.6. The molecule has 1 saturated heterocycles. The van der Waals surface area contributed by atoms with Gasteiger partial charge in [0.2, 0.25) is 0 Å². The number of ether oxygens (including phenoxy) is 4. The Balaban J connectivity index is 1.85. The summed E-state index contributed by atoms with van der Waals surface area (Å²) in [7, 11) is 5.58. The summed E-state index contributed by atoms with van der Waals surface area (Å²) in [6, 6.07) is 13.2. The first-order valence-corrected chi connectivity index (χ1v) is 27.1. The number of benzene rings is 2. The number of nitrogens with zero attached hydrogens (tertiary/aromatic N) is 6. The Morgan fingerprint density at radius 3 is 1.09 bits per heavy atom. The molecule has 424 valence electrons. The molecule has 1 aromatic heterocycles. The van der Waals surface area contributed by atoms with Crippen molar-refractivity contribution in [2.24, 2.45) is 23.7 Å². The minimum Gasteiger partial charge on any atom is -0.451 e. The summed E-state index contributed by atoms with van der Waals surface area (Å²) in [6.45, 7) is 22.2. The summed E-state index contributed by atoms with van der Waals surface area (Å²) < 4.78 is 25.9. The third kappa shape index (κ3) is 18.0. The monoisotopic (exact) mass is 1070 g/mol. The van der Waals surface area contributed by atoms with Gasteiger partial charge in [-0.25, -0.2) is 19.2 Å². The number of amides is 4. The van der Waals surface area contributed by atoms with Gasteiger partial charge >= 0.3 is 23.9 Å². The highest BCUT2D eigenvalue weighted by molar-refractivity contribution is 5.94. The van der Waals surface area contributed by atoms with Crippen LogP contribution in [0.2, 0.25) is 0 Å². The fraction of sp³-hybridized carbons (Fsp3) is 0.610. The molecule has 18 heteroatoms. The fourth-order valence-corrected chi connectivity index (χ4v) is 9.26. The van der Waals surface area contributed by atoms with E-state index in [2.05, 4.69) is 18.9 Å². The van der Waals surface area contributed by atoms with E-state index in [1.807, 2.05) is 96.6 Å². The van der Waals surface area contributed by atoms with Gasteiger partial charge in [0.15, 0.2) is 24.4 Å². The number of hydrogen-bond donors (Lipinski definition) is 0. The molecule has 2 heterocycles. The van der Waals surface area contributed by atoms with Crippen LogP contribution in [-0.2, 0) is 76.7 Å². The van der Waals surface area contributed by atoms with Crippen LogP contribution in [0.1, 0.15) is 137 Å². The van der Waals surface area contributed by atoms with Crippen molar-refractivity contribution in [3.63, 3.8) is 0 Å². The summed E-state index contributed by atoms with van der Waals surface area (Å²) >= 11 is 0. The van der Waals surface area contributed by atoms with Crippen LogP contribution in [0.3, 0.4) is 0 Å². The largest absolute Gasteiger partial charge is 0.451 e. The summed E-state index contributed by atoms with van der Waals surface area (Å²) in [5, 5.41) is 4.66. The van der Waals surface area contributed by atoms with Crippen LogP contribution >= 0.6 is 0 Å². The van der Waals surface area contributed by atoms with Gasteiger partial charge < -0.3 is 38.5 Å². The average Bonchev–Trinajstić information content (AvgIpc) is 3.85. The maximum Gasteiger partial charge on any atom is 0.329 e. The molecule has 0 unspecified atom stereocenters. The van der Waals surface area contributed by atoms with Gasteiger partial charge in [0.25, 0.3) is 23.6 Å². The molecule has 0 saturated carbocycles. The number of likely N-dealkylation sites (N-methyl/N-ethyl adjacent to an activating group) is 4. The highest BCUT2D eigenvalue weighted by Crippen LogP contribution is 2.25. The number of esters is 4. The molecular weight excluding hydrogens is 985 g/mol. The van der Waals surface area contributed by atoms with E-state index in [4.69, 9.17) is 18.9 Å². The average molecular weight is 1070 g/mol. The topological polar surface area (TPSA) is 204 Å². The van der Waals surface area contributed by atoms with Crippen LogP contribution < -0.4 is 0 Å². The second-order valence-electron chi connectivity index (χ2n) is 22.7. The van der Waals surface area contributed by atoms with Crippen LogP contribution in [-0.4, -0.2) is 154 Å². The van der Waals surface area contributed by atoms with E-state index in [1.54, 1.807) is 30.3 Å². The van der Waals surface area contributed by atoms with Crippen molar-refractivity contribution in [1.29, 1.82) is 0 Å². The lowest BCUT2D eigenvalue weighted by molar-refractivity contribution is -0.176. The van der Waals surface area contributed by atoms with Gasteiger partial charge in [0.1, 0.15) is 24.2 Å². The van der Waals surface area contributed by atoms with Crippen LogP contribution in [0.15, 0.2) is 66.9 Å². The molecule has 1 aliphatic rings. The van der Waals surface area contributed by atoms with Crippen molar-refractivity contribution in [3.8, 4) is 0 Å². The number of cyclic esters (lactones) is 4. The van der Waals surface area contributed by atoms with E-state index < -0.39 is 96.1 Å². The lowest BCUT2D eigenvalue weighted by Gasteiger charge is -2.35. The number of aromatic nitrogens is 2. The molecule has 0 radical (unpaired) electrons. The molecule has 4 amide bonds. The van der Waals surface area contributed by atoms with Crippen molar-refractivity contribution >= 4 is 47.5 Å². The van der Waals surface area contributed by atoms with E-state index in [0.29, 0.717) is 17.7 Å². The van der Waals surface area contributed by atoms with E-state index in [-0.39, 0.29) is 68.1 Å². The smallest absolute Gasteiger partial charge is 0.329 e. The first-order chi connectivity index (χ1) is 36.1. The van der Waals surface area contributed by atoms with E-state index in [0.717, 1.165) is 26.0 Å². The van der Waals surface area contributed by atoms with Gasteiger partial charge in [0.05, 0.1) is 12.2 Å². The van der Waals surface area contributed by atoms with Gasteiger partial charge in [-0.3, -0.25) is 23.9 Å². The van der Waals surface area contributed by atoms with Gasteiger partial charge in [-0.2, -0.15) is 5.10 Å². The predicted molar refractivity (Wildman–Crippen MR) is 291 cm³/mol. The normalized spacial score (nSPS) is 23.8. The van der Waals surface area contributed by atoms with Crippen molar-refractivity contribution in [3.05, 3.63) is 89.2 Å². The van der Waals surface area contributed by atoms with Crippen molar-refractivity contribution in [1.82, 2.24) is 29.4 Å². The third-order valence-corrected chi connectivity index (χ3v) is 13.8. The zero-order valence-electron chi connectivity index (χ0n) is 48.4.